The van der Waals surface area contributed by atoms with Crippen LogP contribution < -0.4 is 10.6 Å². The number of carbonyl (C=O) groups is 3. The van der Waals surface area contributed by atoms with Crippen molar-refractivity contribution in [1.82, 2.24) is 19.6 Å². The van der Waals surface area contributed by atoms with Crippen molar-refractivity contribution in [3.05, 3.63) is 137 Å². The molecule has 4 aromatic rings. The fourth-order valence-corrected chi connectivity index (χ4v) is 7.47. The lowest BCUT2D eigenvalue weighted by molar-refractivity contribution is -0.150. The minimum Gasteiger partial charge on any atom is -0.477 e. The summed E-state index contributed by atoms with van der Waals surface area (Å²) < 4.78 is 4.44. The van der Waals surface area contributed by atoms with E-state index in [-0.39, 0.29) is 12.1 Å². The molecule has 2 aliphatic rings. The number of carbonyl (C=O) groups excluding carboxylic acids is 2. The van der Waals surface area contributed by atoms with E-state index >= 15 is 0 Å². The molecule has 216 valence electrons. The summed E-state index contributed by atoms with van der Waals surface area (Å²) in [5.74, 6) is -1.37. The number of nitrogens with one attached hydrogen (secondary N) is 2. The van der Waals surface area contributed by atoms with Crippen molar-refractivity contribution in [3.63, 3.8) is 0 Å². The predicted molar refractivity (Wildman–Crippen MR) is 166 cm³/mol. The Kier molecular flexibility index (Phi) is 7.83. The Morgan fingerprint density at radius 1 is 0.977 bits per heavy atom. The van der Waals surface area contributed by atoms with Crippen LogP contribution in [0.15, 0.2) is 115 Å². The van der Waals surface area contributed by atoms with E-state index in [0.717, 1.165) is 28.2 Å². The van der Waals surface area contributed by atoms with E-state index in [9.17, 15) is 19.5 Å². The third-order valence-electron chi connectivity index (χ3n) is 7.46. The molecule has 1 unspecified atom stereocenters. The van der Waals surface area contributed by atoms with E-state index in [4.69, 9.17) is 0 Å². The number of fused-ring (bicyclic) bond motifs is 1. The molecular formula is C32H27N5O4S2. The van der Waals surface area contributed by atoms with Crippen LogP contribution in [0, 0.1) is 0 Å². The molecule has 43 heavy (non-hydrogen) atoms. The van der Waals surface area contributed by atoms with E-state index in [1.807, 2.05) is 54.6 Å². The van der Waals surface area contributed by atoms with Gasteiger partial charge in [-0.3, -0.25) is 14.5 Å². The van der Waals surface area contributed by atoms with Gasteiger partial charge in [0.1, 0.15) is 22.7 Å². The number of benzene rings is 3. The zero-order chi connectivity index (χ0) is 30.0. The van der Waals surface area contributed by atoms with Gasteiger partial charge in [-0.2, -0.15) is 4.37 Å². The number of β-lactam (4-membered cyclic amide) rings is 1. The van der Waals surface area contributed by atoms with Crippen molar-refractivity contribution in [2.45, 2.75) is 23.4 Å². The summed E-state index contributed by atoms with van der Waals surface area (Å²) >= 11 is 2.54. The molecule has 0 saturated carbocycles. The van der Waals surface area contributed by atoms with Crippen LogP contribution >= 0.6 is 23.3 Å². The third-order valence-corrected chi connectivity index (χ3v) is 9.44. The smallest absolute Gasteiger partial charge is 0.352 e. The van der Waals surface area contributed by atoms with Crippen LogP contribution in [0.5, 0.6) is 0 Å². The molecule has 1 saturated heterocycles. The maximum absolute atomic E-state index is 13.0. The standard InChI is InChI=1S/C32H27N5O4S2/c1-2-20-19-42-29-26(28(39)37(29)27(20)30(40)41)34-25(38)18-24-33-31(43-36-24)35-32(21-12-6-3-7-13-21,22-14-8-4-9-15-22)23-16-10-5-11-17-23/h2-17,26,29H,1,18-19H2,(H,34,38)(H,40,41)(H,33,35,36)/t26?,29-/m1/s1. The Hall–Kier alpha value is -4.74. The first kappa shape index (κ1) is 28.4. The van der Waals surface area contributed by atoms with Gasteiger partial charge in [0.15, 0.2) is 5.82 Å². The highest BCUT2D eigenvalue weighted by Crippen LogP contribution is 2.41. The molecular weight excluding hydrogens is 583 g/mol. The second-order valence-electron chi connectivity index (χ2n) is 10.0. The lowest BCUT2D eigenvalue weighted by atomic mass is 9.77. The van der Waals surface area contributed by atoms with Crippen LogP contribution in [-0.4, -0.2) is 54.3 Å². The minimum absolute atomic E-state index is 0.0788. The number of carboxylic acid groups (broad SMARTS) is 1. The molecule has 0 radical (unpaired) electrons. The summed E-state index contributed by atoms with van der Waals surface area (Å²) in [5, 5.41) is 16.1. The molecule has 0 spiro atoms. The summed E-state index contributed by atoms with van der Waals surface area (Å²) in [6.45, 7) is 3.66. The van der Waals surface area contributed by atoms with Crippen LogP contribution in [0.25, 0.3) is 0 Å². The molecule has 2 aliphatic heterocycles. The first-order chi connectivity index (χ1) is 20.9. The van der Waals surface area contributed by atoms with Crippen LogP contribution in [-0.2, 0) is 26.3 Å². The topological polar surface area (TPSA) is 125 Å². The minimum atomic E-state index is -1.19. The van der Waals surface area contributed by atoms with Gasteiger partial charge in [-0.25, -0.2) is 9.78 Å². The monoisotopic (exact) mass is 609 g/mol. The van der Waals surface area contributed by atoms with Crippen LogP contribution in [0.2, 0.25) is 0 Å². The first-order valence-corrected chi connectivity index (χ1v) is 15.3. The Morgan fingerprint density at radius 2 is 1.53 bits per heavy atom. The van der Waals surface area contributed by atoms with E-state index in [2.05, 4.69) is 63.0 Å². The van der Waals surface area contributed by atoms with Gasteiger partial charge in [0, 0.05) is 17.3 Å². The average Bonchev–Trinajstić information content (AvgIpc) is 3.49. The van der Waals surface area contributed by atoms with Gasteiger partial charge in [0.25, 0.3) is 5.91 Å². The highest BCUT2D eigenvalue weighted by atomic mass is 32.2. The Morgan fingerprint density at radius 3 is 2.05 bits per heavy atom. The Bertz CT molecular complexity index is 1610. The molecule has 11 heteroatoms. The third kappa shape index (κ3) is 5.21. The second kappa shape index (κ2) is 11.9. The molecule has 1 aromatic heterocycles. The molecule has 2 amide bonds. The lowest BCUT2D eigenvalue weighted by Crippen LogP contribution is -2.70. The largest absolute Gasteiger partial charge is 0.477 e. The van der Waals surface area contributed by atoms with Crippen LogP contribution in [0.1, 0.15) is 22.5 Å². The quantitative estimate of drug-likeness (QED) is 0.179. The van der Waals surface area contributed by atoms with Gasteiger partial charge >= 0.3 is 5.97 Å². The summed E-state index contributed by atoms with van der Waals surface area (Å²) in [6, 6.07) is 29.4. The summed E-state index contributed by atoms with van der Waals surface area (Å²) in [7, 11) is 0. The predicted octanol–water partition coefficient (Wildman–Crippen LogP) is 4.41. The number of carboxylic acids is 1. The molecule has 3 aromatic carbocycles. The molecule has 6 rings (SSSR count). The van der Waals surface area contributed by atoms with Gasteiger partial charge in [0.2, 0.25) is 11.0 Å². The first-order valence-electron chi connectivity index (χ1n) is 13.5. The molecule has 3 heterocycles. The van der Waals surface area contributed by atoms with Crippen molar-refractivity contribution >= 4 is 46.2 Å². The maximum Gasteiger partial charge on any atom is 0.352 e. The van der Waals surface area contributed by atoms with Crippen molar-refractivity contribution in [2.75, 3.05) is 11.1 Å². The number of anilines is 1. The number of rotatable bonds is 10. The number of thioether (sulfide) groups is 1. The Balaban J connectivity index is 1.23. The maximum atomic E-state index is 13.0. The lowest BCUT2D eigenvalue weighted by Gasteiger charge is -2.49. The number of hydrogen-bond acceptors (Lipinski definition) is 8. The zero-order valence-electron chi connectivity index (χ0n) is 22.8. The van der Waals surface area contributed by atoms with E-state index in [1.165, 1.54) is 22.7 Å². The number of hydrogen-bond donors (Lipinski definition) is 3. The Labute approximate surface area is 256 Å². The molecule has 0 aliphatic carbocycles. The highest BCUT2D eigenvalue weighted by Gasteiger charge is 2.54. The van der Waals surface area contributed by atoms with Crippen LogP contribution in [0.4, 0.5) is 5.13 Å². The molecule has 2 atom stereocenters. The van der Waals surface area contributed by atoms with Gasteiger partial charge in [-0.1, -0.05) is 104 Å². The number of aliphatic carboxylic acids is 1. The SMILES string of the molecule is C=CC1=C(C(=O)O)N2C(=O)C(NC(=O)Cc3nsc(NC(c4ccccc4)(c4ccccc4)c4ccccc4)n3)[C@H]2SC1. The van der Waals surface area contributed by atoms with Gasteiger partial charge < -0.3 is 15.7 Å². The van der Waals surface area contributed by atoms with E-state index < -0.39 is 34.7 Å². The summed E-state index contributed by atoms with van der Waals surface area (Å²) in [6.07, 6.45) is 1.32. The summed E-state index contributed by atoms with van der Waals surface area (Å²) in [4.78, 5) is 43.5. The van der Waals surface area contributed by atoms with Crippen molar-refractivity contribution in [1.29, 1.82) is 0 Å². The van der Waals surface area contributed by atoms with E-state index in [1.54, 1.807) is 0 Å². The number of amides is 2. The normalized spacial score (nSPS) is 18.0. The average molecular weight is 610 g/mol. The van der Waals surface area contributed by atoms with Gasteiger partial charge in [0.05, 0.1) is 6.42 Å². The van der Waals surface area contributed by atoms with E-state index in [0.29, 0.717) is 22.3 Å². The second-order valence-corrected chi connectivity index (χ2v) is 11.9. The molecule has 3 N–H and O–H groups in total. The number of aromatic nitrogens is 2. The van der Waals surface area contributed by atoms with Gasteiger partial charge in [-0.05, 0) is 22.3 Å². The molecule has 9 nitrogen and oxygen atoms in total. The fraction of sp³-hybridized carbons (Fsp3) is 0.156. The number of allylic oxidation sites excluding steroid dienone is 1. The summed E-state index contributed by atoms with van der Waals surface area (Å²) in [5.41, 5.74) is 2.64. The molecule has 0 bridgehead atoms. The molecule has 1 fully saturated rings. The van der Waals surface area contributed by atoms with Crippen molar-refractivity contribution in [3.8, 4) is 0 Å². The fourth-order valence-electron chi connectivity index (χ4n) is 5.49. The number of nitrogens with zero attached hydrogens (tertiary/aromatic N) is 3. The van der Waals surface area contributed by atoms with Gasteiger partial charge in [-0.15, -0.1) is 11.8 Å². The highest BCUT2D eigenvalue weighted by molar-refractivity contribution is 8.00. The zero-order valence-corrected chi connectivity index (χ0v) is 24.5. The van der Waals surface area contributed by atoms with Crippen molar-refractivity contribution < 1.29 is 19.5 Å². The van der Waals surface area contributed by atoms with Crippen LogP contribution in [0.3, 0.4) is 0 Å². The van der Waals surface area contributed by atoms with Crippen molar-refractivity contribution in [2.24, 2.45) is 0 Å².